The molecule has 0 radical (unpaired) electrons. The Morgan fingerprint density at radius 1 is 1.29 bits per heavy atom. The van der Waals surface area contributed by atoms with Gasteiger partial charge >= 0.3 is 0 Å². The number of hydrogen-bond donors (Lipinski definition) is 1. The third-order valence-corrected chi connectivity index (χ3v) is 5.66. The van der Waals surface area contributed by atoms with Crippen molar-refractivity contribution in [1.29, 1.82) is 0 Å². The van der Waals surface area contributed by atoms with Crippen molar-refractivity contribution in [2.75, 3.05) is 5.32 Å². The predicted octanol–water partition coefficient (Wildman–Crippen LogP) is 2.39. The highest BCUT2D eigenvalue weighted by Crippen LogP contribution is 2.33. The van der Waals surface area contributed by atoms with Crippen LogP contribution in [-0.2, 0) is 21.4 Å². The summed E-state index contributed by atoms with van der Waals surface area (Å²) in [7, 11) is -3.59. The number of amides is 1. The molecule has 1 aliphatic rings. The van der Waals surface area contributed by atoms with Crippen molar-refractivity contribution < 1.29 is 13.2 Å². The van der Waals surface area contributed by atoms with Crippen LogP contribution in [0.5, 0.6) is 0 Å². The Morgan fingerprint density at radius 2 is 2.08 bits per heavy atom. The third-order valence-electron chi connectivity index (χ3n) is 3.78. The number of carbonyl (C=O) groups is 1. The molecule has 6 nitrogen and oxygen atoms in total. The zero-order chi connectivity index (χ0) is 17.2. The molecule has 1 amide bonds. The molecule has 1 aromatic heterocycles. The van der Waals surface area contributed by atoms with Gasteiger partial charge in [-0.25, -0.2) is 8.42 Å². The number of pyridine rings is 1. The molecule has 2 aromatic rings. The molecule has 1 N–H and O–H groups in total. The Kier molecular flexibility index (Phi) is 4.64. The highest BCUT2D eigenvalue weighted by atomic mass is 32.2. The SMILES string of the molecule is CC(=O)Nc1cccc(CN(C2CC2)S(=O)(=O)c2cccnc2)c1. The van der Waals surface area contributed by atoms with Gasteiger partial charge in [0, 0.05) is 37.6 Å². The van der Waals surface area contributed by atoms with Gasteiger partial charge in [0.1, 0.15) is 4.90 Å². The molecule has 1 aromatic carbocycles. The van der Waals surface area contributed by atoms with Crippen molar-refractivity contribution in [2.45, 2.75) is 37.2 Å². The fraction of sp³-hybridized carbons (Fsp3) is 0.294. The number of aromatic nitrogens is 1. The van der Waals surface area contributed by atoms with Gasteiger partial charge in [-0.05, 0) is 42.7 Å². The van der Waals surface area contributed by atoms with Crippen LogP contribution >= 0.6 is 0 Å². The molecule has 0 unspecified atom stereocenters. The zero-order valence-corrected chi connectivity index (χ0v) is 14.2. The molecule has 1 aliphatic carbocycles. The standard InChI is InChI=1S/C17H19N3O3S/c1-13(21)19-15-5-2-4-14(10-15)12-20(16-7-8-16)24(22,23)17-6-3-9-18-11-17/h2-6,9-11,16H,7-8,12H2,1H3,(H,19,21). The van der Waals surface area contributed by atoms with Crippen molar-refractivity contribution in [3.63, 3.8) is 0 Å². The van der Waals surface area contributed by atoms with E-state index in [2.05, 4.69) is 10.3 Å². The molecule has 0 spiro atoms. The number of sulfonamides is 1. The Balaban J connectivity index is 1.87. The highest BCUT2D eigenvalue weighted by Gasteiger charge is 2.38. The van der Waals surface area contributed by atoms with Gasteiger partial charge < -0.3 is 5.32 Å². The lowest BCUT2D eigenvalue weighted by atomic mass is 10.2. The number of benzene rings is 1. The zero-order valence-electron chi connectivity index (χ0n) is 13.3. The first-order valence-electron chi connectivity index (χ1n) is 7.75. The summed E-state index contributed by atoms with van der Waals surface area (Å²) in [5, 5.41) is 2.72. The Morgan fingerprint density at radius 3 is 2.71 bits per heavy atom. The van der Waals surface area contributed by atoms with Crippen molar-refractivity contribution in [3.05, 3.63) is 54.4 Å². The second-order valence-electron chi connectivity index (χ2n) is 5.85. The van der Waals surface area contributed by atoms with Gasteiger partial charge in [-0.1, -0.05) is 12.1 Å². The lowest BCUT2D eigenvalue weighted by Gasteiger charge is -2.22. The van der Waals surface area contributed by atoms with E-state index in [1.165, 1.54) is 17.4 Å². The molecule has 0 bridgehead atoms. The smallest absolute Gasteiger partial charge is 0.245 e. The summed E-state index contributed by atoms with van der Waals surface area (Å²) in [6, 6.07) is 10.5. The van der Waals surface area contributed by atoms with E-state index in [0.29, 0.717) is 5.69 Å². The van der Waals surface area contributed by atoms with E-state index in [0.717, 1.165) is 18.4 Å². The molecule has 126 valence electrons. The largest absolute Gasteiger partial charge is 0.326 e. The topological polar surface area (TPSA) is 79.4 Å². The van der Waals surface area contributed by atoms with Gasteiger partial charge in [-0.3, -0.25) is 9.78 Å². The molecule has 0 atom stereocenters. The molecular formula is C17H19N3O3S. The highest BCUT2D eigenvalue weighted by molar-refractivity contribution is 7.89. The Labute approximate surface area is 141 Å². The van der Waals surface area contributed by atoms with Gasteiger partial charge in [-0.15, -0.1) is 0 Å². The molecule has 1 heterocycles. The molecule has 0 saturated heterocycles. The van der Waals surface area contributed by atoms with E-state index < -0.39 is 10.0 Å². The first-order valence-corrected chi connectivity index (χ1v) is 9.19. The number of nitrogens with one attached hydrogen (secondary N) is 1. The average Bonchev–Trinajstić information content (AvgIpc) is 3.38. The monoisotopic (exact) mass is 345 g/mol. The number of anilines is 1. The maximum Gasteiger partial charge on any atom is 0.245 e. The quantitative estimate of drug-likeness (QED) is 0.872. The van der Waals surface area contributed by atoms with Crippen molar-refractivity contribution in [1.82, 2.24) is 9.29 Å². The van der Waals surface area contributed by atoms with Crippen molar-refractivity contribution in [3.8, 4) is 0 Å². The van der Waals surface area contributed by atoms with Crippen LogP contribution < -0.4 is 5.32 Å². The summed E-state index contributed by atoms with van der Waals surface area (Å²) in [5.74, 6) is -0.158. The maximum atomic E-state index is 12.9. The van der Waals surface area contributed by atoms with Crippen LogP contribution in [0, 0.1) is 0 Å². The Hall–Kier alpha value is -2.25. The average molecular weight is 345 g/mol. The molecule has 7 heteroatoms. The fourth-order valence-corrected chi connectivity index (χ4v) is 4.18. The lowest BCUT2D eigenvalue weighted by Crippen LogP contribution is -2.32. The lowest BCUT2D eigenvalue weighted by molar-refractivity contribution is -0.114. The molecule has 0 aliphatic heterocycles. The van der Waals surface area contributed by atoms with E-state index in [1.807, 2.05) is 12.1 Å². The van der Waals surface area contributed by atoms with E-state index in [1.54, 1.807) is 30.5 Å². The van der Waals surface area contributed by atoms with Crippen LogP contribution in [0.2, 0.25) is 0 Å². The minimum absolute atomic E-state index is 0.0274. The molecule has 3 rings (SSSR count). The summed E-state index contributed by atoms with van der Waals surface area (Å²) in [6.45, 7) is 1.71. The van der Waals surface area contributed by atoms with Crippen LogP contribution in [0.25, 0.3) is 0 Å². The van der Waals surface area contributed by atoms with Gasteiger partial charge in [0.2, 0.25) is 15.9 Å². The fourth-order valence-electron chi connectivity index (χ4n) is 2.54. The summed E-state index contributed by atoms with van der Waals surface area (Å²) < 4.78 is 27.3. The number of rotatable bonds is 6. The second kappa shape index (κ2) is 6.70. The molecule has 24 heavy (non-hydrogen) atoms. The van der Waals surface area contributed by atoms with Crippen LogP contribution in [0.3, 0.4) is 0 Å². The van der Waals surface area contributed by atoms with E-state index >= 15 is 0 Å². The van der Waals surface area contributed by atoms with Gasteiger partial charge in [-0.2, -0.15) is 4.31 Å². The van der Waals surface area contributed by atoms with Crippen LogP contribution in [0.4, 0.5) is 5.69 Å². The summed E-state index contributed by atoms with van der Waals surface area (Å²) >= 11 is 0. The maximum absolute atomic E-state index is 12.9. The normalized spacial score (nSPS) is 14.6. The molecular weight excluding hydrogens is 326 g/mol. The summed E-state index contributed by atoms with van der Waals surface area (Å²) in [6.07, 6.45) is 4.66. The minimum Gasteiger partial charge on any atom is -0.326 e. The van der Waals surface area contributed by atoms with Gasteiger partial charge in [0.25, 0.3) is 0 Å². The first-order chi connectivity index (χ1) is 11.5. The van der Waals surface area contributed by atoms with Crippen molar-refractivity contribution in [2.24, 2.45) is 0 Å². The van der Waals surface area contributed by atoms with E-state index in [-0.39, 0.29) is 23.4 Å². The van der Waals surface area contributed by atoms with Crippen LogP contribution in [0.15, 0.2) is 53.7 Å². The summed E-state index contributed by atoms with van der Waals surface area (Å²) in [5.41, 5.74) is 1.50. The molecule has 1 saturated carbocycles. The molecule has 1 fully saturated rings. The second-order valence-corrected chi connectivity index (χ2v) is 7.74. The van der Waals surface area contributed by atoms with Crippen molar-refractivity contribution >= 4 is 21.6 Å². The minimum atomic E-state index is -3.59. The van der Waals surface area contributed by atoms with E-state index in [4.69, 9.17) is 0 Å². The first kappa shape index (κ1) is 16.6. The third kappa shape index (κ3) is 3.80. The Bertz CT molecular complexity index is 833. The van der Waals surface area contributed by atoms with Gasteiger partial charge in [0.15, 0.2) is 0 Å². The summed E-state index contributed by atoms with van der Waals surface area (Å²) in [4.78, 5) is 15.3. The van der Waals surface area contributed by atoms with Crippen LogP contribution in [-0.4, -0.2) is 29.7 Å². The number of nitrogens with zero attached hydrogens (tertiary/aromatic N) is 2. The predicted molar refractivity (Wildman–Crippen MR) is 90.7 cm³/mol. The van der Waals surface area contributed by atoms with Gasteiger partial charge in [0.05, 0.1) is 0 Å². The number of hydrogen-bond acceptors (Lipinski definition) is 4. The number of carbonyl (C=O) groups excluding carboxylic acids is 1. The van der Waals surface area contributed by atoms with Crippen LogP contribution in [0.1, 0.15) is 25.3 Å². The van der Waals surface area contributed by atoms with E-state index in [9.17, 15) is 13.2 Å².